The standard InChI is InChI=1S/C19H20N4O2/c1-14-18(19(24)21-12-10-15-5-3-4-11-20-15)13-22-23(14)16-6-8-17(25-2)9-7-16/h3-9,11,13H,10,12H2,1-2H3,(H,21,24). The van der Waals surface area contributed by atoms with Crippen molar-refractivity contribution in [3.63, 3.8) is 0 Å². The first-order valence-electron chi connectivity index (χ1n) is 8.06. The van der Waals surface area contributed by atoms with Gasteiger partial charge in [-0.2, -0.15) is 5.10 Å². The van der Waals surface area contributed by atoms with Gasteiger partial charge in [-0.3, -0.25) is 9.78 Å². The number of nitrogens with one attached hydrogen (secondary N) is 1. The number of carbonyl (C=O) groups is 1. The minimum atomic E-state index is -0.131. The van der Waals surface area contributed by atoms with Gasteiger partial charge in [-0.15, -0.1) is 0 Å². The van der Waals surface area contributed by atoms with Gasteiger partial charge in [-0.25, -0.2) is 4.68 Å². The van der Waals surface area contributed by atoms with Crippen LogP contribution in [-0.2, 0) is 6.42 Å². The zero-order valence-electron chi connectivity index (χ0n) is 14.3. The minimum absolute atomic E-state index is 0.131. The van der Waals surface area contributed by atoms with Crippen LogP contribution in [0.2, 0.25) is 0 Å². The Bertz CT molecular complexity index is 842. The first kappa shape index (κ1) is 16.7. The fourth-order valence-corrected chi connectivity index (χ4v) is 2.56. The van der Waals surface area contributed by atoms with Crippen LogP contribution < -0.4 is 10.1 Å². The molecular formula is C19H20N4O2. The third-order valence-electron chi connectivity index (χ3n) is 3.96. The molecule has 3 aromatic rings. The van der Waals surface area contributed by atoms with Gasteiger partial charge in [0.2, 0.25) is 0 Å². The maximum Gasteiger partial charge on any atom is 0.254 e. The van der Waals surface area contributed by atoms with Gasteiger partial charge in [0.25, 0.3) is 5.91 Å². The number of nitrogens with zero attached hydrogens (tertiary/aromatic N) is 3. The highest BCUT2D eigenvalue weighted by molar-refractivity contribution is 5.95. The van der Waals surface area contributed by atoms with E-state index in [0.29, 0.717) is 18.5 Å². The van der Waals surface area contributed by atoms with Gasteiger partial charge < -0.3 is 10.1 Å². The van der Waals surface area contributed by atoms with Crippen molar-refractivity contribution in [1.82, 2.24) is 20.1 Å². The lowest BCUT2D eigenvalue weighted by atomic mass is 10.2. The molecule has 0 bridgehead atoms. The molecule has 0 saturated heterocycles. The summed E-state index contributed by atoms with van der Waals surface area (Å²) in [7, 11) is 1.63. The molecule has 1 amide bonds. The van der Waals surface area contributed by atoms with Crippen LogP contribution in [0.4, 0.5) is 0 Å². The molecule has 6 heteroatoms. The molecule has 0 saturated carbocycles. The monoisotopic (exact) mass is 336 g/mol. The average Bonchev–Trinajstić information content (AvgIpc) is 3.04. The summed E-state index contributed by atoms with van der Waals surface area (Å²) in [4.78, 5) is 16.6. The molecule has 0 aliphatic carbocycles. The number of pyridine rings is 1. The normalized spacial score (nSPS) is 10.5. The van der Waals surface area contributed by atoms with Crippen LogP contribution in [0.25, 0.3) is 5.69 Å². The van der Waals surface area contributed by atoms with E-state index >= 15 is 0 Å². The molecular weight excluding hydrogens is 316 g/mol. The summed E-state index contributed by atoms with van der Waals surface area (Å²) in [6, 6.07) is 13.3. The Kier molecular flexibility index (Phi) is 5.09. The molecule has 2 heterocycles. The average molecular weight is 336 g/mol. The lowest BCUT2D eigenvalue weighted by Gasteiger charge is -2.07. The molecule has 0 fully saturated rings. The number of rotatable bonds is 6. The van der Waals surface area contributed by atoms with Gasteiger partial charge >= 0.3 is 0 Å². The van der Waals surface area contributed by atoms with Gasteiger partial charge in [0.15, 0.2) is 0 Å². The molecule has 1 aromatic carbocycles. The van der Waals surface area contributed by atoms with Crippen LogP contribution in [0, 0.1) is 6.92 Å². The summed E-state index contributed by atoms with van der Waals surface area (Å²) in [5, 5.41) is 7.25. The van der Waals surface area contributed by atoms with Gasteiger partial charge in [0.1, 0.15) is 5.75 Å². The first-order chi connectivity index (χ1) is 12.2. The number of aromatic nitrogens is 3. The molecule has 0 atom stereocenters. The number of amides is 1. The second-order valence-electron chi connectivity index (χ2n) is 5.58. The first-order valence-corrected chi connectivity index (χ1v) is 8.06. The molecule has 25 heavy (non-hydrogen) atoms. The quantitative estimate of drug-likeness (QED) is 0.751. The van der Waals surface area contributed by atoms with Crippen molar-refractivity contribution in [2.45, 2.75) is 13.3 Å². The number of hydrogen-bond acceptors (Lipinski definition) is 4. The minimum Gasteiger partial charge on any atom is -0.497 e. The second-order valence-corrected chi connectivity index (χ2v) is 5.58. The van der Waals surface area contributed by atoms with Crippen LogP contribution >= 0.6 is 0 Å². The Morgan fingerprint density at radius 1 is 1.20 bits per heavy atom. The van der Waals surface area contributed by atoms with Crippen molar-refractivity contribution in [1.29, 1.82) is 0 Å². The molecule has 1 N–H and O–H groups in total. The Labute approximate surface area is 146 Å². The molecule has 3 rings (SSSR count). The maximum absolute atomic E-state index is 12.4. The topological polar surface area (TPSA) is 69.0 Å². The van der Waals surface area contributed by atoms with E-state index in [0.717, 1.165) is 22.8 Å². The van der Waals surface area contributed by atoms with Crippen LogP contribution in [0.15, 0.2) is 54.9 Å². The van der Waals surface area contributed by atoms with Gasteiger partial charge in [0, 0.05) is 24.9 Å². The summed E-state index contributed by atoms with van der Waals surface area (Å²) in [6.45, 7) is 2.41. The zero-order valence-corrected chi connectivity index (χ0v) is 14.3. The molecule has 128 valence electrons. The molecule has 2 aromatic heterocycles. The van der Waals surface area contributed by atoms with Crippen LogP contribution in [0.1, 0.15) is 21.7 Å². The van der Waals surface area contributed by atoms with Crippen LogP contribution in [0.5, 0.6) is 5.75 Å². The van der Waals surface area contributed by atoms with E-state index in [9.17, 15) is 4.79 Å². The van der Waals surface area contributed by atoms with E-state index in [1.165, 1.54) is 0 Å². The number of hydrogen-bond donors (Lipinski definition) is 1. The van der Waals surface area contributed by atoms with Crippen LogP contribution in [-0.4, -0.2) is 34.3 Å². The van der Waals surface area contributed by atoms with Crippen molar-refractivity contribution in [3.8, 4) is 11.4 Å². The zero-order chi connectivity index (χ0) is 17.6. The predicted molar refractivity (Wildman–Crippen MR) is 95.1 cm³/mol. The second kappa shape index (κ2) is 7.61. The van der Waals surface area contributed by atoms with Crippen molar-refractivity contribution < 1.29 is 9.53 Å². The summed E-state index contributed by atoms with van der Waals surface area (Å²) >= 11 is 0. The smallest absolute Gasteiger partial charge is 0.254 e. The molecule has 0 unspecified atom stereocenters. The fraction of sp³-hybridized carbons (Fsp3) is 0.211. The fourth-order valence-electron chi connectivity index (χ4n) is 2.56. The Balaban J connectivity index is 1.66. The summed E-state index contributed by atoms with van der Waals surface area (Å²) in [5.74, 6) is 0.647. The highest BCUT2D eigenvalue weighted by Gasteiger charge is 2.14. The predicted octanol–water partition coefficient (Wildman–Crippen LogP) is 2.56. The van der Waals surface area contributed by atoms with Crippen molar-refractivity contribution in [3.05, 3.63) is 71.8 Å². The molecule has 0 aliphatic rings. The summed E-state index contributed by atoms with van der Waals surface area (Å²) in [6.07, 6.45) is 4.04. The number of carbonyl (C=O) groups excluding carboxylic acids is 1. The van der Waals surface area contributed by atoms with Crippen molar-refractivity contribution in [2.24, 2.45) is 0 Å². The largest absolute Gasteiger partial charge is 0.497 e. The van der Waals surface area contributed by atoms with Gasteiger partial charge in [-0.1, -0.05) is 6.07 Å². The number of ether oxygens (including phenoxy) is 1. The Hall–Kier alpha value is -3.15. The molecule has 0 radical (unpaired) electrons. The van der Waals surface area contributed by atoms with E-state index in [-0.39, 0.29) is 5.91 Å². The van der Waals surface area contributed by atoms with Crippen molar-refractivity contribution in [2.75, 3.05) is 13.7 Å². The van der Waals surface area contributed by atoms with E-state index < -0.39 is 0 Å². The Morgan fingerprint density at radius 3 is 2.68 bits per heavy atom. The van der Waals surface area contributed by atoms with Gasteiger partial charge in [0.05, 0.1) is 30.3 Å². The van der Waals surface area contributed by atoms with E-state index in [1.54, 1.807) is 24.2 Å². The SMILES string of the molecule is COc1ccc(-n2ncc(C(=O)NCCc3ccccn3)c2C)cc1. The Morgan fingerprint density at radius 2 is 2.00 bits per heavy atom. The lowest BCUT2D eigenvalue weighted by molar-refractivity contribution is 0.0953. The maximum atomic E-state index is 12.4. The van der Waals surface area contributed by atoms with E-state index in [4.69, 9.17) is 4.74 Å². The summed E-state index contributed by atoms with van der Waals surface area (Å²) in [5.41, 5.74) is 3.19. The molecule has 6 nitrogen and oxygen atoms in total. The van der Waals surface area contributed by atoms with Crippen molar-refractivity contribution >= 4 is 5.91 Å². The van der Waals surface area contributed by atoms with Crippen LogP contribution in [0.3, 0.4) is 0 Å². The molecule has 0 spiro atoms. The highest BCUT2D eigenvalue weighted by Crippen LogP contribution is 2.17. The van der Waals surface area contributed by atoms with Gasteiger partial charge in [-0.05, 0) is 43.3 Å². The number of methoxy groups -OCH3 is 1. The summed E-state index contributed by atoms with van der Waals surface area (Å²) < 4.78 is 6.90. The third kappa shape index (κ3) is 3.85. The van der Waals surface area contributed by atoms with E-state index in [1.807, 2.05) is 49.4 Å². The lowest BCUT2D eigenvalue weighted by Crippen LogP contribution is -2.26. The van der Waals surface area contributed by atoms with E-state index in [2.05, 4.69) is 15.4 Å². The third-order valence-corrected chi connectivity index (χ3v) is 3.96. The molecule has 0 aliphatic heterocycles. The number of benzene rings is 1. The highest BCUT2D eigenvalue weighted by atomic mass is 16.5.